The first kappa shape index (κ1) is 37.4. The van der Waals surface area contributed by atoms with Gasteiger partial charge in [0.05, 0.1) is 50.2 Å². The van der Waals surface area contributed by atoms with Crippen molar-refractivity contribution in [1.82, 2.24) is 0 Å². The van der Waals surface area contributed by atoms with E-state index >= 15 is 0 Å². The normalized spacial score (nSPS) is 11.7. The number of rotatable bonds is 10. The maximum atomic E-state index is 12.3. The van der Waals surface area contributed by atoms with Gasteiger partial charge in [-0.1, -0.05) is 96.6 Å². The number of hydrogen-bond acceptors (Lipinski definition) is 5. The summed E-state index contributed by atoms with van der Waals surface area (Å²) in [5.74, 6) is -2.54. The highest BCUT2D eigenvalue weighted by molar-refractivity contribution is 6.41. The van der Waals surface area contributed by atoms with E-state index in [1.807, 2.05) is 12.1 Å². The number of esters is 1. The van der Waals surface area contributed by atoms with Crippen LogP contribution in [-0.4, -0.2) is 36.0 Å². The van der Waals surface area contributed by atoms with Gasteiger partial charge >= 0.3 is 11.9 Å². The average Bonchev–Trinajstić information content (AvgIpc) is 3.02. The van der Waals surface area contributed by atoms with Crippen molar-refractivity contribution in [2.45, 2.75) is 26.7 Å². The van der Waals surface area contributed by atoms with E-state index in [-0.39, 0.29) is 39.0 Å². The van der Waals surface area contributed by atoms with E-state index in [4.69, 9.17) is 56.2 Å². The summed E-state index contributed by atoms with van der Waals surface area (Å²) in [7, 11) is 1.37. The zero-order valence-corrected chi connectivity index (χ0v) is 28.7. The number of amides is 2. The van der Waals surface area contributed by atoms with Gasteiger partial charge in [-0.2, -0.15) is 0 Å². The van der Waals surface area contributed by atoms with Crippen molar-refractivity contribution in [3.8, 4) is 0 Å². The lowest BCUT2D eigenvalue weighted by atomic mass is 10.0. The standard InChI is InChI=1S/C18H17Cl2NO3.C17H15Cl2NO3/c1-11(18(23)24-2)10-12-6-8-13(9-7-12)21-17(22)16-14(19)4-3-5-15(16)20;1-10(17(22)23)9-11-5-7-12(8-6-11)20-16(21)15-13(18)3-2-4-14(15)19/h3-9,11H,10H2,1-2H3,(H,21,22);2-8,10H,9H2,1H3,(H,20,21)(H,22,23). The van der Waals surface area contributed by atoms with Gasteiger partial charge in [0.2, 0.25) is 0 Å². The Balaban J connectivity index is 0.000000256. The van der Waals surface area contributed by atoms with Gasteiger partial charge in [-0.15, -0.1) is 0 Å². The maximum Gasteiger partial charge on any atom is 0.308 e. The van der Waals surface area contributed by atoms with Crippen LogP contribution in [0, 0.1) is 11.8 Å². The zero-order valence-electron chi connectivity index (χ0n) is 25.7. The fourth-order valence-electron chi connectivity index (χ4n) is 4.34. The van der Waals surface area contributed by atoms with Gasteiger partial charge < -0.3 is 20.5 Å². The molecule has 0 aliphatic rings. The summed E-state index contributed by atoms with van der Waals surface area (Å²) in [6.45, 7) is 3.46. The van der Waals surface area contributed by atoms with E-state index in [9.17, 15) is 19.2 Å². The third-order valence-corrected chi connectivity index (χ3v) is 8.17. The van der Waals surface area contributed by atoms with E-state index in [1.54, 1.807) is 86.6 Å². The maximum absolute atomic E-state index is 12.3. The second kappa shape index (κ2) is 17.7. The molecule has 8 nitrogen and oxygen atoms in total. The molecule has 12 heteroatoms. The molecule has 0 heterocycles. The molecule has 4 rings (SSSR count). The number of carboxylic acid groups (broad SMARTS) is 1. The molecule has 2 atom stereocenters. The van der Waals surface area contributed by atoms with Crippen molar-refractivity contribution in [1.29, 1.82) is 0 Å². The Morgan fingerprint density at radius 2 is 0.957 bits per heavy atom. The van der Waals surface area contributed by atoms with Crippen LogP contribution in [0.2, 0.25) is 20.1 Å². The number of anilines is 2. The molecule has 3 N–H and O–H groups in total. The SMILES string of the molecule is CC(Cc1ccc(NC(=O)c2c(Cl)cccc2Cl)cc1)C(=O)O.COC(=O)C(C)Cc1ccc(NC(=O)c2c(Cl)cccc2Cl)cc1. The van der Waals surface area contributed by atoms with Gasteiger partial charge in [0.15, 0.2) is 0 Å². The quantitative estimate of drug-likeness (QED) is 0.141. The van der Waals surface area contributed by atoms with E-state index in [1.165, 1.54) is 7.11 Å². The van der Waals surface area contributed by atoms with Gasteiger partial charge in [-0.05, 0) is 72.5 Å². The fraction of sp³-hybridized carbons (Fsp3) is 0.200. The van der Waals surface area contributed by atoms with Gasteiger partial charge in [-0.25, -0.2) is 0 Å². The molecule has 4 aromatic carbocycles. The third-order valence-electron chi connectivity index (χ3n) is 6.91. The van der Waals surface area contributed by atoms with Gasteiger partial charge in [0.1, 0.15) is 0 Å². The number of nitrogens with one attached hydrogen (secondary N) is 2. The lowest BCUT2D eigenvalue weighted by Gasteiger charge is -2.11. The van der Waals surface area contributed by atoms with Crippen molar-refractivity contribution in [3.05, 3.63) is 127 Å². The average molecular weight is 718 g/mol. The smallest absolute Gasteiger partial charge is 0.308 e. The van der Waals surface area contributed by atoms with Crippen molar-refractivity contribution in [3.63, 3.8) is 0 Å². The molecule has 0 aliphatic carbocycles. The Bertz CT molecular complexity index is 1690. The lowest BCUT2D eigenvalue weighted by Crippen LogP contribution is -2.15. The lowest BCUT2D eigenvalue weighted by molar-refractivity contribution is -0.144. The number of carbonyl (C=O) groups excluding carboxylic acids is 3. The predicted molar refractivity (Wildman–Crippen MR) is 187 cm³/mol. The Labute approximate surface area is 292 Å². The van der Waals surface area contributed by atoms with Crippen LogP contribution >= 0.6 is 46.4 Å². The summed E-state index contributed by atoms with van der Waals surface area (Å²) in [5, 5.41) is 15.5. The fourth-order valence-corrected chi connectivity index (χ4v) is 5.48. The molecule has 2 unspecified atom stereocenters. The zero-order chi connectivity index (χ0) is 34.7. The molecule has 246 valence electrons. The van der Waals surface area contributed by atoms with Crippen LogP contribution in [-0.2, 0) is 27.2 Å². The minimum Gasteiger partial charge on any atom is -0.481 e. The Morgan fingerprint density at radius 3 is 1.28 bits per heavy atom. The van der Waals surface area contributed by atoms with Crippen molar-refractivity contribution in [2.75, 3.05) is 17.7 Å². The minimum atomic E-state index is -0.837. The van der Waals surface area contributed by atoms with Crippen LogP contribution in [0.1, 0.15) is 45.7 Å². The largest absolute Gasteiger partial charge is 0.481 e. The number of aliphatic carboxylic acids is 1. The van der Waals surface area contributed by atoms with Crippen LogP contribution < -0.4 is 10.6 Å². The highest BCUT2D eigenvalue weighted by Crippen LogP contribution is 2.27. The van der Waals surface area contributed by atoms with Crippen LogP contribution in [0.25, 0.3) is 0 Å². The van der Waals surface area contributed by atoms with E-state index in [2.05, 4.69) is 10.6 Å². The molecule has 47 heavy (non-hydrogen) atoms. The minimum absolute atomic E-state index is 0.222. The first-order valence-electron chi connectivity index (χ1n) is 14.3. The van der Waals surface area contributed by atoms with Crippen LogP contribution in [0.4, 0.5) is 11.4 Å². The Morgan fingerprint density at radius 1 is 0.617 bits per heavy atom. The molecule has 0 bridgehead atoms. The number of benzene rings is 4. The second-order valence-corrected chi connectivity index (χ2v) is 12.2. The Kier molecular flexibility index (Phi) is 14.1. The van der Waals surface area contributed by atoms with Crippen LogP contribution in [0.15, 0.2) is 84.9 Å². The number of halogens is 4. The van der Waals surface area contributed by atoms with Crippen molar-refractivity contribution < 1.29 is 29.0 Å². The van der Waals surface area contributed by atoms with E-state index < -0.39 is 17.8 Å². The topological polar surface area (TPSA) is 122 Å². The Hall–Kier alpha value is -4.08. The van der Waals surface area contributed by atoms with Crippen molar-refractivity contribution >= 4 is 81.5 Å². The van der Waals surface area contributed by atoms with Gasteiger partial charge in [0.25, 0.3) is 11.8 Å². The molecule has 0 radical (unpaired) electrons. The molecule has 0 fully saturated rings. The summed E-state index contributed by atoms with van der Waals surface area (Å²) in [4.78, 5) is 46.9. The summed E-state index contributed by atoms with van der Waals surface area (Å²) in [5.41, 5.74) is 3.52. The molecule has 2 amide bonds. The number of methoxy groups -OCH3 is 1. The number of ether oxygens (including phenoxy) is 1. The van der Waals surface area contributed by atoms with Crippen molar-refractivity contribution in [2.24, 2.45) is 11.8 Å². The number of hydrogen-bond donors (Lipinski definition) is 3. The molecular formula is C35H32Cl4N2O6. The predicted octanol–water partition coefficient (Wildman–Crippen LogP) is 9.11. The molecule has 0 saturated carbocycles. The van der Waals surface area contributed by atoms with Gasteiger partial charge in [-0.3, -0.25) is 19.2 Å². The highest BCUT2D eigenvalue weighted by atomic mass is 35.5. The second-order valence-electron chi connectivity index (χ2n) is 10.6. The molecule has 0 aromatic heterocycles. The highest BCUT2D eigenvalue weighted by Gasteiger charge is 2.17. The third kappa shape index (κ3) is 11.0. The van der Waals surface area contributed by atoms with Crippen LogP contribution in [0.3, 0.4) is 0 Å². The number of carbonyl (C=O) groups is 4. The molecule has 4 aromatic rings. The summed E-state index contributed by atoms with van der Waals surface area (Å²) >= 11 is 24.1. The monoisotopic (exact) mass is 716 g/mol. The number of carboxylic acids is 1. The molecule has 0 spiro atoms. The molecule has 0 saturated heterocycles. The first-order valence-corrected chi connectivity index (χ1v) is 15.8. The van der Waals surface area contributed by atoms with Gasteiger partial charge in [0, 0.05) is 11.4 Å². The van der Waals surface area contributed by atoms with E-state index in [0.717, 1.165) is 11.1 Å². The summed E-state index contributed by atoms with van der Waals surface area (Å²) < 4.78 is 4.71. The molecular weight excluding hydrogens is 686 g/mol. The van der Waals surface area contributed by atoms with E-state index in [0.29, 0.717) is 34.3 Å². The summed E-state index contributed by atoms with van der Waals surface area (Å²) in [6, 6.07) is 24.0. The summed E-state index contributed by atoms with van der Waals surface area (Å²) in [6.07, 6.45) is 0.997. The first-order chi connectivity index (χ1) is 22.3. The van der Waals surface area contributed by atoms with Crippen LogP contribution in [0.5, 0.6) is 0 Å². The molecule has 0 aliphatic heterocycles.